The van der Waals surface area contributed by atoms with E-state index < -0.39 is 5.97 Å². The van der Waals surface area contributed by atoms with E-state index in [2.05, 4.69) is 0 Å². The second-order valence-corrected chi connectivity index (χ2v) is 6.59. The number of hydrogen-bond acceptors (Lipinski definition) is 3. The number of esters is 1. The molecule has 0 saturated heterocycles. The summed E-state index contributed by atoms with van der Waals surface area (Å²) in [4.78, 5) is 23.0. The van der Waals surface area contributed by atoms with Crippen LogP contribution in [0.5, 0.6) is 0 Å². The fraction of sp³-hybridized carbons (Fsp3) is 0.857. The first kappa shape index (κ1) is 12.0. The largest absolute Gasteiger partial charge is 0.481 e. The summed E-state index contributed by atoms with van der Waals surface area (Å²) >= 11 is 0. The first-order valence-electron chi connectivity index (χ1n) is 6.83. The van der Waals surface area contributed by atoms with Crippen molar-refractivity contribution in [3.05, 3.63) is 0 Å². The molecule has 0 aromatic carbocycles. The Balaban J connectivity index is 1.84. The SMILES string of the molecule is COC(=O)C1C2CC3CC1CC(CC(=O)O)(C3)C2. The highest BCUT2D eigenvalue weighted by Crippen LogP contribution is 2.63. The van der Waals surface area contributed by atoms with Crippen LogP contribution in [0.15, 0.2) is 0 Å². The van der Waals surface area contributed by atoms with Crippen LogP contribution < -0.4 is 0 Å². The Morgan fingerprint density at radius 3 is 2.33 bits per heavy atom. The molecule has 4 saturated carbocycles. The molecule has 4 aliphatic carbocycles. The summed E-state index contributed by atoms with van der Waals surface area (Å²) in [6.07, 6.45) is 5.35. The van der Waals surface area contributed by atoms with Crippen LogP contribution in [0.4, 0.5) is 0 Å². The van der Waals surface area contributed by atoms with Gasteiger partial charge in [0, 0.05) is 0 Å². The van der Waals surface area contributed by atoms with Gasteiger partial charge in [-0.3, -0.25) is 9.59 Å². The Hall–Kier alpha value is -1.06. The van der Waals surface area contributed by atoms with Crippen LogP contribution in [0, 0.1) is 29.1 Å². The second-order valence-electron chi connectivity index (χ2n) is 6.59. The van der Waals surface area contributed by atoms with E-state index in [1.807, 2.05) is 0 Å². The van der Waals surface area contributed by atoms with Crippen molar-refractivity contribution in [2.24, 2.45) is 29.1 Å². The molecule has 100 valence electrons. The smallest absolute Gasteiger partial charge is 0.309 e. The monoisotopic (exact) mass is 252 g/mol. The summed E-state index contributed by atoms with van der Waals surface area (Å²) in [6, 6.07) is 0. The molecule has 0 aromatic heterocycles. The Labute approximate surface area is 107 Å². The minimum Gasteiger partial charge on any atom is -0.481 e. The number of carboxylic acids is 1. The van der Waals surface area contributed by atoms with Gasteiger partial charge in [-0.2, -0.15) is 0 Å². The van der Waals surface area contributed by atoms with Crippen LogP contribution in [0.1, 0.15) is 38.5 Å². The van der Waals surface area contributed by atoms with Gasteiger partial charge >= 0.3 is 11.9 Å². The van der Waals surface area contributed by atoms with Crippen molar-refractivity contribution >= 4 is 11.9 Å². The fourth-order valence-corrected chi connectivity index (χ4v) is 5.25. The Kier molecular flexibility index (Phi) is 2.65. The zero-order chi connectivity index (χ0) is 12.9. The van der Waals surface area contributed by atoms with Crippen LogP contribution in [-0.2, 0) is 14.3 Å². The van der Waals surface area contributed by atoms with Crippen molar-refractivity contribution < 1.29 is 19.4 Å². The number of carbonyl (C=O) groups is 2. The van der Waals surface area contributed by atoms with E-state index in [0.717, 1.165) is 32.1 Å². The van der Waals surface area contributed by atoms with E-state index >= 15 is 0 Å². The lowest BCUT2D eigenvalue weighted by molar-refractivity contribution is -0.169. The standard InChI is InChI=1S/C14H20O4/c1-18-13(17)12-9-2-8-3-10(12)6-14(4-8,5-9)7-11(15)16/h8-10,12H,2-7H2,1H3,(H,15,16). The highest BCUT2D eigenvalue weighted by Gasteiger charge is 2.57. The van der Waals surface area contributed by atoms with Gasteiger partial charge in [-0.25, -0.2) is 0 Å². The Morgan fingerprint density at radius 2 is 1.83 bits per heavy atom. The van der Waals surface area contributed by atoms with Gasteiger partial charge in [0.25, 0.3) is 0 Å². The number of methoxy groups -OCH3 is 1. The third kappa shape index (κ3) is 1.73. The van der Waals surface area contributed by atoms with E-state index in [4.69, 9.17) is 9.84 Å². The molecule has 4 aliphatic rings. The van der Waals surface area contributed by atoms with E-state index in [9.17, 15) is 9.59 Å². The van der Waals surface area contributed by atoms with Crippen LogP contribution in [0.2, 0.25) is 0 Å². The molecule has 0 amide bonds. The minimum atomic E-state index is -0.688. The number of ether oxygens (including phenoxy) is 1. The van der Waals surface area contributed by atoms with E-state index in [0.29, 0.717) is 17.8 Å². The maximum Gasteiger partial charge on any atom is 0.309 e. The zero-order valence-electron chi connectivity index (χ0n) is 10.7. The van der Waals surface area contributed by atoms with Gasteiger partial charge < -0.3 is 9.84 Å². The van der Waals surface area contributed by atoms with Gasteiger partial charge in [-0.1, -0.05) is 0 Å². The summed E-state index contributed by atoms with van der Waals surface area (Å²) in [5, 5.41) is 9.10. The lowest BCUT2D eigenvalue weighted by atomic mass is 9.45. The van der Waals surface area contributed by atoms with Gasteiger partial charge in [-0.05, 0) is 55.3 Å². The molecule has 4 nitrogen and oxygen atoms in total. The molecule has 0 heterocycles. The molecule has 0 aromatic rings. The second kappa shape index (κ2) is 3.97. The van der Waals surface area contributed by atoms with Gasteiger partial charge in [0.15, 0.2) is 0 Å². The molecule has 2 unspecified atom stereocenters. The topological polar surface area (TPSA) is 63.6 Å². The third-order valence-electron chi connectivity index (χ3n) is 5.40. The number of carboxylic acid groups (broad SMARTS) is 1. The first-order chi connectivity index (χ1) is 8.53. The number of carbonyl (C=O) groups excluding carboxylic acids is 1. The molecule has 0 aliphatic heterocycles. The fourth-order valence-electron chi connectivity index (χ4n) is 5.25. The third-order valence-corrected chi connectivity index (χ3v) is 5.40. The molecule has 4 rings (SSSR count). The van der Waals surface area contributed by atoms with Crippen LogP contribution in [0.25, 0.3) is 0 Å². The van der Waals surface area contributed by atoms with Gasteiger partial charge in [0.2, 0.25) is 0 Å². The molecule has 0 radical (unpaired) electrons. The van der Waals surface area contributed by atoms with E-state index in [1.54, 1.807) is 0 Å². The maximum absolute atomic E-state index is 11.9. The summed E-state index contributed by atoms with van der Waals surface area (Å²) < 4.78 is 4.93. The molecule has 1 N–H and O–H groups in total. The predicted octanol–water partition coefficient (Wildman–Crippen LogP) is 2.08. The van der Waals surface area contributed by atoms with Crippen LogP contribution in [-0.4, -0.2) is 24.2 Å². The molecule has 4 heteroatoms. The molecule has 4 fully saturated rings. The van der Waals surface area contributed by atoms with Crippen LogP contribution >= 0.6 is 0 Å². The van der Waals surface area contributed by atoms with Crippen molar-refractivity contribution in [2.75, 3.05) is 7.11 Å². The molecule has 0 spiro atoms. The first-order valence-corrected chi connectivity index (χ1v) is 6.83. The van der Waals surface area contributed by atoms with Crippen molar-refractivity contribution in [3.8, 4) is 0 Å². The number of aliphatic carboxylic acids is 1. The highest BCUT2D eigenvalue weighted by molar-refractivity contribution is 5.74. The van der Waals surface area contributed by atoms with Crippen LogP contribution in [0.3, 0.4) is 0 Å². The highest BCUT2D eigenvalue weighted by atomic mass is 16.5. The Bertz CT molecular complexity index is 373. The van der Waals surface area contributed by atoms with E-state index in [-0.39, 0.29) is 23.7 Å². The van der Waals surface area contributed by atoms with Crippen molar-refractivity contribution in [1.29, 1.82) is 0 Å². The predicted molar refractivity (Wildman–Crippen MR) is 63.7 cm³/mol. The summed E-state index contributed by atoms with van der Waals surface area (Å²) in [7, 11) is 1.46. The van der Waals surface area contributed by atoms with Gasteiger partial charge in [0.05, 0.1) is 19.4 Å². The maximum atomic E-state index is 11.9. The zero-order valence-corrected chi connectivity index (χ0v) is 10.7. The Morgan fingerprint density at radius 1 is 1.22 bits per heavy atom. The molecule has 2 atom stereocenters. The average Bonchev–Trinajstić information content (AvgIpc) is 2.25. The average molecular weight is 252 g/mol. The van der Waals surface area contributed by atoms with Crippen molar-refractivity contribution in [1.82, 2.24) is 0 Å². The lowest BCUT2D eigenvalue weighted by Crippen LogP contribution is -2.53. The molecule has 18 heavy (non-hydrogen) atoms. The van der Waals surface area contributed by atoms with Gasteiger partial charge in [-0.15, -0.1) is 0 Å². The van der Waals surface area contributed by atoms with Gasteiger partial charge in [0.1, 0.15) is 0 Å². The molecular formula is C14H20O4. The summed E-state index contributed by atoms with van der Waals surface area (Å²) in [5.74, 6) is 0.642. The molecular weight excluding hydrogens is 232 g/mol. The summed E-state index contributed by atoms with van der Waals surface area (Å²) in [6.45, 7) is 0. The number of rotatable bonds is 3. The van der Waals surface area contributed by atoms with Crippen molar-refractivity contribution in [2.45, 2.75) is 38.5 Å². The minimum absolute atomic E-state index is 0.0210. The quantitative estimate of drug-likeness (QED) is 0.781. The normalized spacial score (nSPS) is 44.9. The van der Waals surface area contributed by atoms with Crippen molar-refractivity contribution in [3.63, 3.8) is 0 Å². The van der Waals surface area contributed by atoms with E-state index in [1.165, 1.54) is 7.11 Å². The summed E-state index contributed by atoms with van der Waals surface area (Å²) in [5.41, 5.74) is -0.0210. The molecule has 4 bridgehead atoms. The lowest BCUT2D eigenvalue weighted by Gasteiger charge is -2.59. The number of hydrogen-bond donors (Lipinski definition) is 1.